The summed E-state index contributed by atoms with van der Waals surface area (Å²) in [4.78, 5) is 10.3. The van der Waals surface area contributed by atoms with Gasteiger partial charge in [-0.1, -0.05) is 18.2 Å². The Morgan fingerprint density at radius 3 is 2.42 bits per heavy atom. The predicted molar refractivity (Wildman–Crippen MR) is 97.6 cm³/mol. The molecule has 0 saturated carbocycles. The highest BCUT2D eigenvalue weighted by Gasteiger charge is 2.35. The van der Waals surface area contributed by atoms with E-state index in [9.17, 15) is 13.2 Å². The number of halogens is 3. The van der Waals surface area contributed by atoms with Crippen molar-refractivity contribution in [2.24, 2.45) is 4.99 Å². The van der Waals surface area contributed by atoms with Gasteiger partial charge in [-0.15, -0.1) is 0 Å². The molecule has 1 unspecified atom stereocenters. The molecule has 3 rings (SSSR count). The number of anilines is 1. The maximum atomic E-state index is 12.5. The Bertz CT molecular complexity index is 597. The summed E-state index contributed by atoms with van der Waals surface area (Å²) in [6.07, 6.45) is -3.43. The summed E-state index contributed by atoms with van der Waals surface area (Å²) in [5.74, 6) is 0.788. The summed E-state index contributed by atoms with van der Waals surface area (Å²) >= 11 is 0. The minimum Gasteiger partial charge on any atom is -0.368 e. The zero-order valence-corrected chi connectivity index (χ0v) is 15.0. The first-order chi connectivity index (χ1) is 12.4. The zero-order chi connectivity index (χ0) is 18.6. The van der Waals surface area contributed by atoms with E-state index in [1.165, 1.54) is 10.6 Å². The van der Waals surface area contributed by atoms with Crippen LogP contribution in [0.1, 0.15) is 6.42 Å². The molecule has 0 bridgehead atoms. The highest BCUT2D eigenvalue weighted by Crippen LogP contribution is 2.20. The number of guanidine groups is 1. The molecule has 2 aliphatic rings. The lowest BCUT2D eigenvalue weighted by atomic mass is 10.2. The van der Waals surface area contributed by atoms with Crippen LogP contribution in [0.4, 0.5) is 18.9 Å². The molecule has 8 heteroatoms. The second-order valence-corrected chi connectivity index (χ2v) is 6.84. The van der Waals surface area contributed by atoms with Gasteiger partial charge in [-0.05, 0) is 18.6 Å². The first-order valence-corrected chi connectivity index (χ1v) is 9.02. The van der Waals surface area contributed by atoms with Crippen molar-refractivity contribution < 1.29 is 13.2 Å². The van der Waals surface area contributed by atoms with E-state index in [-0.39, 0.29) is 6.04 Å². The lowest BCUT2D eigenvalue weighted by Crippen LogP contribution is -2.54. The molecule has 1 atom stereocenters. The minimum absolute atomic E-state index is 0.0169. The number of piperazine rings is 1. The molecule has 144 valence electrons. The second-order valence-electron chi connectivity index (χ2n) is 6.84. The number of alkyl halides is 3. The maximum Gasteiger partial charge on any atom is 0.401 e. The van der Waals surface area contributed by atoms with Gasteiger partial charge < -0.3 is 15.1 Å². The quantitative estimate of drug-likeness (QED) is 0.653. The summed E-state index contributed by atoms with van der Waals surface area (Å²) < 4.78 is 37.6. The van der Waals surface area contributed by atoms with E-state index in [4.69, 9.17) is 0 Å². The molecular formula is C18H26F3N5. The molecule has 1 N–H and O–H groups in total. The number of aliphatic imine (C=N–C) groups is 1. The highest BCUT2D eigenvalue weighted by atomic mass is 19.4. The number of nitrogens with one attached hydrogen (secondary N) is 1. The van der Waals surface area contributed by atoms with E-state index in [1.807, 2.05) is 18.2 Å². The molecule has 0 radical (unpaired) electrons. The summed E-state index contributed by atoms with van der Waals surface area (Å²) in [6, 6.07) is 10.3. The van der Waals surface area contributed by atoms with Crippen LogP contribution >= 0.6 is 0 Å². The molecule has 26 heavy (non-hydrogen) atoms. The Labute approximate surface area is 152 Å². The van der Waals surface area contributed by atoms with Crippen LogP contribution in [0, 0.1) is 0 Å². The van der Waals surface area contributed by atoms with Crippen molar-refractivity contribution in [3.05, 3.63) is 30.3 Å². The topological polar surface area (TPSA) is 34.1 Å². The summed E-state index contributed by atoms with van der Waals surface area (Å²) in [7, 11) is 1.73. The Kier molecular flexibility index (Phi) is 5.90. The molecule has 2 fully saturated rings. The van der Waals surface area contributed by atoms with Gasteiger partial charge in [-0.25, -0.2) is 0 Å². The number of para-hydroxylation sites is 1. The molecule has 1 aromatic rings. The lowest BCUT2D eigenvalue weighted by Gasteiger charge is -2.38. The van der Waals surface area contributed by atoms with Gasteiger partial charge in [0.05, 0.1) is 6.54 Å². The van der Waals surface area contributed by atoms with Crippen molar-refractivity contribution in [3.63, 3.8) is 0 Å². The number of likely N-dealkylation sites (tertiary alicyclic amines) is 1. The van der Waals surface area contributed by atoms with Crippen LogP contribution in [0.3, 0.4) is 0 Å². The largest absolute Gasteiger partial charge is 0.401 e. The molecule has 2 saturated heterocycles. The van der Waals surface area contributed by atoms with Gasteiger partial charge in [-0.3, -0.25) is 9.89 Å². The van der Waals surface area contributed by atoms with Crippen LogP contribution in [0.25, 0.3) is 0 Å². The van der Waals surface area contributed by atoms with Gasteiger partial charge in [0.15, 0.2) is 5.96 Å². The van der Waals surface area contributed by atoms with Crippen molar-refractivity contribution in [3.8, 4) is 0 Å². The predicted octanol–water partition coefficient (Wildman–Crippen LogP) is 2.02. The van der Waals surface area contributed by atoms with Crippen LogP contribution in [-0.4, -0.2) is 80.8 Å². The summed E-state index contributed by atoms with van der Waals surface area (Å²) in [5, 5.41) is 3.35. The monoisotopic (exact) mass is 369 g/mol. The van der Waals surface area contributed by atoms with Crippen molar-refractivity contribution in [1.82, 2.24) is 15.1 Å². The number of hydrogen-bond acceptors (Lipinski definition) is 3. The molecule has 2 heterocycles. The van der Waals surface area contributed by atoms with Gasteiger partial charge >= 0.3 is 6.18 Å². The SMILES string of the molecule is CN=C(NC1CCN(CC(F)(F)F)C1)N1CCN(c2ccccc2)CC1. The molecule has 2 aliphatic heterocycles. The van der Waals surface area contributed by atoms with Crippen LogP contribution in [0.2, 0.25) is 0 Å². The molecule has 0 aromatic heterocycles. The summed E-state index contributed by atoms with van der Waals surface area (Å²) in [6.45, 7) is 3.52. The van der Waals surface area contributed by atoms with Crippen molar-refractivity contribution in [2.75, 3.05) is 57.8 Å². The Hall–Kier alpha value is -1.96. The van der Waals surface area contributed by atoms with Crippen molar-refractivity contribution >= 4 is 11.6 Å². The third kappa shape index (κ3) is 5.03. The second kappa shape index (κ2) is 8.16. The van der Waals surface area contributed by atoms with E-state index in [0.29, 0.717) is 19.5 Å². The van der Waals surface area contributed by atoms with E-state index in [2.05, 4.69) is 32.2 Å². The fraction of sp³-hybridized carbons (Fsp3) is 0.611. The molecule has 5 nitrogen and oxygen atoms in total. The smallest absolute Gasteiger partial charge is 0.368 e. The Balaban J connectivity index is 1.48. The number of benzene rings is 1. The van der Waals surface area contributed by atoms with Crippen LogP contribution in [-0.2, 0) is 0 Å². The van der Waals surface area contributed by atoms with Crippen LogP contribution in [0.15, 0.2) is 35.3 Å². The van der Waals surface area contributed by atoms with Gasteiger partial charge in [0.2, 0.25) is 0 Å². The van der Waals surface area contributed by atoms with Gasteiger partial charge in [0.25, 0.3) is 0 Å². The number of rotatable bonds is 3. The number of hydrogen-bond donors (Lipinski definition) is 1. The van der Waals surface area contributed by atoms with Crippen LogP contribution in [0.5, 0.6) is 0 Å². The van der Waals surface area contributed by atoms with Crippen LogP contribution < -0.4 is 10.2 Å². The zero-order valence-electron chi connectivity index (χ0n) is 15.0. The molecule has 0 aliphatic carbocycles. The first-order valence-electron chi connectivity index (χ1n) is 9.02. The van der Waals surface area contributed by atoms with E-state index >= 15 is 0 Å². The van der Waals surface area contributed by atoms with Gasteiger partial charge in [-0.2, -0.15) is 13.2 Å². The molecule has 1 aromatic carbocycles. The van der Waals surface area contributed by atoms with Crippen molar-refractivity contribution in [1.29, 1.82) is 0 Å². The minimum atomic E-state index is -4.13. The van der Waals surface area contributed by atoms with E-state index in [1.54, 1.807) is 7.05 Å². The molecule has 0 spiro atoms. The van der Waals surface area contributed by atoms with Crippen molar-refractivity contribution in [2.45, 2.75) is 18.6 Å². The Morgan fingerprint density at radius 1 is 1.12 bits per heavy atom. The van der Waals surface area contributed by atoms with E-state index < -0.39 is 12.7 Å². The van der Waals surface area contributed by atoms with Gasteiger partial charge in [0, 0.05) is 58.0 Å². The highest BCUT2D eigenvalue weighted by molar-refractivity contribution is 5.80. The number of nitrogens with zero attached hydrogens (tertiary/aromatic N) is 4. The third-order valence-corrected chi connectivity index (χ3v) is 4.92. The lowest BCUT2D eigenvalue weighted by molar-refractivity contribution is -0.143. The molecular weight excluding hydrogens is 343 g/mol. The average molecular weight is 369 g/mol. The fourth-order valence-corrected chi connectivity index (χ4v) is 3.64. The Morgan fingerprint density at radius 2 is 1.81 bits per heavy atom. The molecule has 0 amide bonds. The first kappa shape index (κ1) is 18.8. The third-order valence-electron chi connectivity index (χ3n) is 4.92. The normalized spacial score (nSPS) is 22.8. The van der Waals surface area contributed by atoms with Gasteiger partial charge in [0.1, 0.15) is 0 Å². The average Bonchev–Trinajstić information content (AvgIpc) is 3.06. The maximum absolute atomic E-state index is 12.5. The summed E-state index contributed by atoms with van der Waals surface area (Å²) in [5.41, 5.74) is 1.22. The fourth-order valence-electron chi connectivity index (χ4n) is 3.64. The standard InChI is InChI=1S/C18H26F3N5/c1-22-17(23-15-7-8-24(13-15)14-18(19,20)21)26-11-9-25(10-12-26)16-5-3-2-4-6-16/h2-6,15H,7-14H2,1H3,(H,22,23). The van der Waals surface area contributed by atoms with E-state index in [0.717, 1.165) is 32.1 Å².